The number of hydrogen-bond acceptors (Lipinski definition) is 4. The Morgan fingerprint density at radius 1 is 0.970 bits per heavy atom. The molecule has 0 aromatic heterocycles. The SMILES string of the molecule is CC1(C(=O)NC(Cc2ccc(C(O)c3ccccc3)cc2)C(=O)O)CCC(C(=O)O)C1(C)C. The fourth-order valence-corrected chi connectivity index (χ4v) is 4.76. The summed E-state index contributed by atoms with van der Waals surface area (Å²) < 4.78 is 0. The first-order valence-corrected chi connectivity index (χ1v) is 11.1. The lowest BCUT2D eigenvalue weighted by Gasteiger charge is -2.39. The van der Waals surface area contributed by atoms with Gasteiger partial charge in [0.2, 0.25) is 5.91 Å². The Hall–Kier alpha value is -3.19. The van der Waals surface area contributed by atoms with Gasteiger partial charge in [0.15, 0.2) is 0 Å². The lowest BCUT2D eigenvalue weighted by molar-refractivity contribution is -0.151. The van der Waals surface area contributed by atoms with Crippen LogP contribution in [0.2, 0.25) is 0 Å². The van der Waals surface area contributed by atoms with Crippen LogP contribution in [0, 0.1) is 16.7 Å². The van der Waals surface area contributed by atoms with Crippen molar-refractivity contribution in [3.63, 3.8) is 0 Å². The van der Waals surface area contributed by atoms with Gasteiger partial charge in [0.1, 0.15) is 12.1 Å². The molecule has 3 rings (SSSR count). The summed E-state index contributed by atoms with van der Waals surface area (Å²) in [5.74, 6) is -3.21. The molecule has 33 heavy (non-hydrogen) atoms. The molecule has 1 saturated carbocycles. The van der Waals surface area contributed by atoms with Crippen molar-refractivity contribution < 1.29 is 29.7 Å². The maximum Gasteiger partial charge on any atom is 0.326 e. The zero-order valence-corrected chi connectivity index (χ0v) is 19.1. The van der Waals surface area contributed by atoms with Crippen LogP contribution in [0.15, 0.2) is 54.6 Å². The minimum Gasteiger partial charge on any atom is -0.481 e. The molecule has 0 saturated heterocycles. The van der Waals surface area contributed by atoms with Gasteiger partial charge < -0.3 is 20.6 Å². The van der Waals surface area contributed by atoms with E-state index >= 15 is 0 Å². The largest absolute Gasteiger partial charge is 0.481 e. The van der Waals surface area contributed by atoms with Crippen LogP contribution in [0.5, 0.6) is 0 Å². The van der Waals surface area contributed by atoms with Crippen LogP contribution in [0.25, 0.3) is 0 Å². The molecule has 1 fully saturated rings. The Morgan fingerprint density at radius 2 is 1.55 bits per heavy atom. The molecule has 0 spiro atoms. The molecule has 4 unspecified atom stereocenters. The van der Waals surface area contributed by atoms with Crippen molar-refractivity contribution >= 4 is 17.8 Å². The molecule has 4 N–H and O–H groups in total. The molecule has 0 radical (unpaired) electrons. The number of amides is 1. The number of carbonyl (C=O) groups excluding carboxylic acids is 1. The fraction of sp³-hybridized carbons (Fsp3) is 0.423. The van der Waals surface area contributed by atoms with Crippen LogP contribution in [0.3, 0.4) is 0 Å². The maximum atomic E-state index is 13.2. The van der Waals surface area contributed by atoms with Crippen molar-refractivity contribution in [2.45, 2.75) is 52.2 Å². The fourth-order valence-electron chi connectivity index (χ4n) is 4.76. The molecule has 4 atom stereocenters. The van der Waals surface area contributed by atoms with Crippen LogP contribution in [0.1, 0.15) is 56.4 Å². The van der Waals surface area contributed by atoms with Gasteiger partial charge in [0.05, 0.1) is 11.3 Å². The summed E-state index contributed by atoms with van der Waals surface area (Å²) >= 11 is 0. The normalized spacial score (nSPS) is 23.5. The first-order chi connectivity index (χ1) is 15.5. The molecule has 7 heteroatoms. The van der Waals surface area contributed by atoms with Gasteiger partial charge in [-0.15, -0.1) is 0 Å². The number of carboxylic acids is 2. The highest BCUT2D eigenvalue weighted by molar-refractivity contribution is 5.89. The minimum atomic E-state index is -1.16. The van der Waals surface area contributed by atoms with Gasteiger partial charge in [-0.1, -0.05) is 75.4 Å². The molecule has 1 amide bonds. The van der Waals surface area contributed by atoms with Gasteiger partial charge in [0.25, 0.3) is 0 Å². The highest BCUT2D eigenvalue weighted by Crippen LogP contribution is 2.56. The van der Waals surface area contributed by atoms with Gasteiger partial charge >= 0.3 is 11.9 Å². The quantitative estimate of drug-likeness (QED) is 0.486. The van der Waals surface area contributed by atoms with E-state index in [0.717, 1.165) is 5.56 Å². The predicted molar refractivity (Wildman–Crippen MR) is 122 cm³/mol. The number of aliphatic carboxylic acids is 2. The number of carboxylic acid groups (broad SMARTS) is 2. The van der Waals surface area contributed by atoms with Crippen LogP contribution in [0.4, 0.5) is 0 Å². The number of rotatable bonds is 8. The Balaban J connectivity index is 1.72. The first kappa shape index (κ1) is 24.5. The summed E-state index contributed by atoms with van der Waals surface area (Å²) in [6.45, 7) is 5.22. The van der Waals surface area contributed by atoms with E-state index in [1.807, 2.05) is 30.3 Å². The monoisotopic (exact) mass is 453 g/mol. The number of carbonyl (C=O) groups is 3. The molecule has 1 aliphatic rings. The van der Waals surface area contributed by atoms with E-state index < -0.39 is 46.7 Å². The minimum absolute atomic E-state index is 0.0711. The van der Waals surface area contributed by atoms with E-state index in [2.05, 4.69) is 5.32 Å². The molecule has 0 aliphatic heterocycles. The highest BCUT2D eigenvalue weighted by atomic mass is 16.4. The Morgan fingerprint density at radius 3 is 2.06 bits per heavy atom. The second-order valence-electron chi connectivity index (χ2n) is 9.61. The topological polar surface area (TPSA) is 124 Å². The van der Waals surface area contributed by atoms with E-state index in [1.165, 1.54) is 0 Å². The number of aliphatic hydroxyl groups excluding tert-OH is 1. The van der Waals surface area contributed by atoms with E-state index in [1.54, 1.807) is 45.0 Å². The zero-order valence-electron chi connectivity index (χ0n) is 19.1. The second kappa shape index (κ2) is 9.35. The summed E-state index contributed by atoms with van der Waals surface area (Å²) in [7, 11) is 0. The van der Waals surface area contributed by atoms with Gasteiger partial charge in [-0.2, -0.15) is 0 Å². The van der Waals surface area contributed by atoms with E-state index in [-0.39, 0.29) is 6.42 Å². The predicted octanol–water partition coefficient (Wildman–Crippen LogP) is 3.41. The standard InChI is InChI=1S/C26H31NO6/c1-25(2)19(22(29)30)13-14-26(25,3)24(33)27-20(23(31)32)15-16-9-11-18(12-10-16)21(28)17-7-5-4-6-8-17/h4-12,19-21,28H,13-15H2,1-3H3,(H,27,33)(H,29,30)(H,31,32). The maximum absolute atomic E-state index is 13.2. The van der Waals surface area contributed by atoms with Crippen molar-refractivity contribution in [3.05, 3.63) is 71.3 Å². The van der Waals surface area contributed by atoms with Gasteiger partial charge in [0, 0.05) is 6.42 Å². The third-order valence-electron chi connectivity index (χ3n) is 7.48. The third-order valence-corrected chi connectivity index (χ3v) is 7.48. The Bertz CT molecular complexity index is 1020. The molecule has 0 bridgehead atoms. The first-order valence-electron chi connectivity index (χ1n) is 11.1. The lowest BCUT2D eigenvalue weighted by Crippen LogP contribution is -2.53. The molecule has 2 aromatic rings. The van der Waals surface area contributed by atoms with Crippen molar-refractivity contribution in [2.75, 3.05) is 0 Å². The molecule has 1 aliphatic carbocycles. The number of benzene rings is 2. The van der Waals surface area contributed by atoms with Crippen molar-refractivity contribution in [1.82, 2.24) is 5.32 Å². The van der Waals surface area contributed by atoms with Gasteiger partial charge in [-0.25, -0.2) is 4.79 Å². The van der Waals surface area contributed by atoms with Crippen LogP contribution < -0.4 is 5.32 Å². The summed E-state index contributed by atoms with van der Waals surface area (Å²) in [6, 6.07) is 15.0. The average Bonchev–Trinajstić information content (AvgIpc) is 3.03. The summed E-state index contributed by atoms with van der Waals surface area (Å²) in [5.41, 5.74) is 0.328. The molecular formula is C26H31NO6. The molecule has 0 heterocycles. The average molecular weight is 454 g/mol. The zero-order chi connectivity index (χ0) is 24.4. The molecule has 7 nitrogen and oxygen atoms in total. The third kappa shape index (κ3) is 4.78. The van der Waals surface area contributed by atoms with Gasteiger partial charge in [-0.05, 0) is 34.9 Å². The molecule has 2 aromatic carbocycles. The van der Waals surface area contributed by atoms with E-state index in [9.17, 15) is 29.7 Å². The van der Waals surface area contributed by atoms with Crippen LogP contribution in [-0.4, -0.2) is 39.2 Å². The van der Waals surface area contributed by atoms with Crippen molar-refractivity contribution in [3.8, 4) is 0 Å². The lowest BCUT2D eigenvalue weighted by atomic mass is 9.65. The molecule has 176 valence electrons. The van der Waals surface area contributed by atoms with Crippen molar-refractivity contribution in [1.29, 1.82) is 0 Å². The van der Waals surface area contributed by atoms with Crippen LogP contribution >= 0.6 is 0 Å². The van der Waals surface area contributed by atoms with Crippen molar-refractivity contribution in [2.24, 2.45) is 16.7 Å². The number of aliphatic hydroxyl groups is 1. The second-order valence-corrected chi connectivity index (χ2v) is 9.61. The van der Waals surface area contributed by atoms with Gasteiger partial charge in [-0.3, -0.25) is 9.59 Å². The number of nitrogens with one attached hydrogen (secondary N) is 1. The Labute approximate surface area is 193 Å². The Kier molecular flexibility index (Phi) is 6.93. The summed E-state index contributed by atoms with van der Waals surface area (Å²) in [4.78, 5) is 36.7. The van der Waals surface area contributed by atoms with E-state index in [0.29, 0.717) is 24.0 Å². The molecular weight excluding hydrogens is 422 g/mol. The van der Waals surface area contributed by atoms with E-state index in [4.69, 9.17) is 0 Å². The number of hydrogen-bond donors (Lipinski definition) is 4. The van der Waals surface area contributed by atoms with Crippen LogP contribution in [-0.2, 0) is 20.8 Å². The summed E-state index contributed by atoms with van der Waals surface area (Å²) in [6.07, 6.45) is 0.0277. The highest BCUT2D eigenvalue weighted by Gasteiger charge is 2.58. The smallest absolute Gasteiger partial charge is 0.326 e. The summed E-state index contributed by atoms with van der Waals surface area (Å²) in [5, 5.41) is 32.4.